The van der Waals surface area contributed by atoms with Gasteiger partial charge in [0, 0.05) is 5.56 Å². The molecule has 0 radical (unpaired) electrons. The number of benzene rings is 1. The number of halogens is 2. The van der Waals surface area contributed by atoms with Crippen molar-refractivity contribution in [2.24, 2.45) is 0 Å². The fourth-order valence-corrected chi connectivity index (χ4v) is 1.88. The Hall–Kier alpha value is -1.08. The first-order valence-corrected chi connectivity index (χ1v) is 5.01. The van der Waals surface area contributed by atoms with Crippen LogP contribution in [0.25, 0.3) is 0 Å². The third kappa shape index (κ3) is 1.98. The molecule has 0 bridgehead atoms. The van der Waals surface area contributed by atoms with Crippen LogP contribution < -0.4 is 10.6 Å². The summed E-state index contributed by atoms with van der Waals surface area (Å²) in [7, 11) is 4.38. The molecule has 1 aromatic rings. The maximum absolute atomic E-state index is 13.4. The van der Waals surface area contributed by atoms with Crippen LogP contribution in [0.2, 0.25) is 0 Å². The van der Waals surface area contributed by atoms with Crippen LogP contribution in [0.3, 0.4) is 0 Å². The lowest BCUT2D eigenvalue weighted by Crippen LogP contribution is -2.24. The maximum Gasteiger partial charge on any atom is 0.177 e. The summed E-state index contributed by atoms with van der Waals surface area (Å²) in [5.41, 5.74) is -0.367. The normalized spacial score (nSPS) is 9.47. The van der Waals surface area contributed by atoms with Crippen molar-refractivity contribution in [1.82, 2.24) is 0 Å². The molecule has 0 spiro atoms. The first kappa shape index (κ1) is 12.0. The predicted molar refractivity (Wildman–Crippen MR) is 59.1 cm³/mol. The zero-order valence-electron chi connectivity index (χ0n) is 7.51. The van der Waals surface area contributed by atoms with Crippen LogP contribution in [0.1, 0.15) is 11.1 Å². The minimum absolute atomic E-state index is 0.0241. The minimum atomic E-state index is -1.20. The van der Waals surface area contributed by atoms with Crippen molar-refractivity contribution in [3.63, 3.8) is 0 Å². The van der Waals surface area contributed by atoms with E-state index in [1.54, 1.807) is 12.1 Å². The van der Waals surface area contributed by atoms with Crippen molar-refractivity contribution in [2.75, 3.05) is 0 Å². The first-order valence-electron chi connectivity index (χ1n) is 3.86. The number of hydrogen-bond acceptors (Lipinski definition) is 2. The Balaban J connectivity index is 3.62. The zero-order chi connectivity index (χ0) is 11.6. The van der Waals surface area contributed by atoms with Crippen LogP contribution in [0, 0.1) is 34.3 Å². The van der Waals surface area contributed by atoms with Crippen molar-refractivity contribution >= 4 is 29.1 Å². The van der Waals surface area contributed by atoms with Gasteiger partial charge in [0.25, 0.3) is 0 Å². The van der Waals surface area contributed by atoms with Crippen molar-refractivity contribution in [3.8, 4) is 12.1 Å². The van der Waals surface area contributed by atoms with Crippen molar-refractivity contribution in [3.05, 3.63) is 22.8 Å². The summed E-state index contributed by atoms with van der Waals surface area (Å²) in [5, 5.41) is 17.7. The summed E-state index contributed by atoms with van der Waals surface area (Å²) in [5.74, 6) is -2.32. The van der Waals surface area contributed by atoms with Gasteiger partial charge in [-0.05, 0) is 10.6 Å². The predicted octanol–water partition coefficient (Wildman–Crippen LogP) is 0.903. The largest absolute Gasteiger partial charge is 0.203 e. The van der Waals surface area contributed by atoms with Gasteiger partial charge in [0.1, 0.15) is 6.07 Å². The van der Waals surface area contributed by atoms with E-state index in [0.29, 0.717) is 5.30 Å². The highest BCUT2D eigenvalue weighted by atomic mass is 31.0. The molecule has 0 amide bonds. The fraction of sp³-hybridized carbons (Fsp3) is 0.111. The molecule has 0 fully saturated rings. The first-order chi connectivity index (χ1) is 7.04. The van der Waals surface area contributed by atoms with Crippen LogP contribution in [-0.2, 0) is 6.42 Å². The van der Waals surface area contributed by atoms with Gasteiger partial charge >= 0.3 is 0 Å². The van der Waals surface area contributed by atoms with E-state index in [9.17, 15) is 8.78 Å². The summed E-state index contributed by atoms with van der Waals surface area (Å²) in [4.78, 5) is 0. The van der Waals surface area contributed by atoms with E-state index >= 15 is 0 Å². The van der Waals surface area contributed by atoms with Gasteiger partial charge < -0.3 is 0 Å². The molecular formula is C9H6F2N2P2. The molecule has 0 aliphatic carbocycles. The summed E-state index contributed by atoms with van der Waals surface area (Å²) in [6, 6.07) is 3.33. The second-order valence-electron chi connectivity index (χ2n) is 2.76. The lowest BCUT2D eigenvalue weighted by atomic mass is 10.1. The Bertz CT molecular complexity index is 471. The molecule has 0 N–H and O–H groups in total. The number of nitriles is 2. The second-order valence-corrected chi connectivity index (χ2v) is 3.91. The average Bonchev–Trinajstić information content (AvgIpc) is 2.23. The molecule has 2 nitrogen and oxygen atoms in total. The second kappa shape index (κ2) is 4.63. The maximum atomic E-state index is 13.4. The Kier molecular flexibility index (Phi) is 3.70. The molecule has 0 saturated carbocycles. The molecule has 0 heterocycles. The topological polar surface area (TPSA) is 47.6 Å². The summed E-state index contributed by atoms with van der Waals surface area (Å²) in [6.45, 7) is 0. The van der Waals surface area contributed by atoms with Gasteiger partial charge in [0.05, 0.1) is 18.1 Å². The van der Waals surface area contributed by atoms with Crippen molar-refractivity contribution in [2.45, 2.75) is 6.42 Å². The van der Waals surface area contributed by atoms with Gasteiger partial charge in [0.15, 0.2) is 11.6 Å². The zero-order valence-corrected chi connectivity index (χ0v) is 9.82. The number of rotatable bonds is 1. The van der Waals surface area contributed by atoms with E-state index < -0.39 is 11.6 Å². The lowest BCUT2D eigenvalue weighted by Gasteiger charge is -2.09. The van der Waals surface area contributed by atoms with Gasteiger partial charge in [-0.15, -0.1) is 18.5 Å². The Morgan fingerprint density at radius 1 is 1.07 bits per heavy atom. The molecule has 0 saturated heterocycles. The monoisotopic (exact) mass is 242 g/mol. The van der Waals surface area contributed by atoms with Crippen LogP contribution in [0.15, 0.2) is 0 Å². The van der Waals surface area contributed by atoms with E-state index in [4.69, 9.17) is 10.5 Å². The van der Waals surface area contributed by atoms with E-state index in [1.807, 2.05) is 0 Å². The lowest BCUT2D eigenvalue weighted by molar-refractivity contribution is 0.501. The van der Waals surface area contributed by atoms with E-state index in [1.165, 1.54) is 0 Å². The van der Waals surface area contributed by atoms with Gasteiger partial charge in [-0.1, -0.05) is 0 Å². The van der Waals surface area contributed by atoms with Crippen LogP contribution in [0.4, 0.5) is 8.78 Å². The highest BCUT2D eigenvalue weighted by Crippen LogP contribution is 2.16. The van der Waals surface area contributed by atoms with Crippen LogP contribution in [0.5, 0.6) is 0 Å². The smallest absolute Gasteiger partial charge is 0.177 e. The molecule has 2 atom stereocenters. The molecule has 76 valence electrons. The number of nitrogens with zero attached hydrogens (tertiary/aromatic N) is 2. The van der Waals surface area contributed by atoms with Crippen molar-refractivity contribution in [1.29, 1.82) is 10.5 Å². The Labute approximate surface area is 90.3 Å². The van der Waals surface area contributed by atoms with Crippen LogP contribution in [-0.4, -0.2) is 0 Å². The molecule has 2 unspecified atom stereocenters. The molecular weight excluding hydrogens is 236 g/mol. The van der Waals surface area contributed by atoms with Gasteiger partial charge in [0.2, 0.25) is 0 Å². The summed E-state index contributed by atoms with van der Waals surface area (Å²) >= 11 is 0. The molecule has 1 aromatic carbocycles. The van der Waals surface area contributed by atoms with E-state index in [-0.39, 0.29) is 22.9 Å². The highest BCUT2D eigenvalue weighted by molar-refractivity contribution is 7.36. The van der Waals surface area contributed by atoms with Crippen LogP contribution >= 0.6 is 18.5 Å². The summed E-state index contributed by atoms with van der Waals surface area (Å²) < 4.78 is 26.7. The van der Waals surface area contributed by atoms with Gasteiger partial charge in [-0.2, -0.15) is 10.5 Å². The minimum Gasteiger partial charge on any atom is -0.203 e. The SMILES string of the molecule is N#CCc1c(F)c(F)c(C#N)c(P)c1P. The standard InChI is InChI=1S/C9H6F2N2P2/c10-6-4(1-2-12)8(14)9(15)5(3-13)7(6)11/h1,14-15H2. The Morgan fingerprint density at radius 2 is 1.67 bits per heavy atom. The van der Waals surface area contributed by atoms with Gasteiger partial charge in [-0.25, -0.2) is 8.78 Å². The third-order valence-corrected chi connectivity index (χ3v) is 3.52. The molecule has 1 rings (SSSR count). The molecule has 0 aromatic heterocycles. The quantitative estimate of drug-likeness (QED) is 0.687. The Morgan fingerprint density at radius 3 is 2.13 bits per heavy atom. The van der Waals surface area contributed by atoms with Crippen molar-refractivity contribution < 1.29 is 8.78 Å². The fourth-order valence-electron chi connectivity index (χ4n) is 1.14. The average molecular weight is 242 g/mol. The highest BCUT2D eigenvalue weighted by Gasteiger charge is 2.19. The summed E-state index contributed by atoms with van der Waals surface area (Å²) in [6.07, 6.45) is -0.227. The molecule has 0 aliphatic heterocycles. The van der Waals surface area contributed by atoms with E-state index in [2.05, 4.69) is 18.5 Å². The number of hydrogen-bond donors (Lipinski definition) is 0. The van der Waals surface area contributed by atoms with E-state index in [0.717, 1.165) is 0 Å². The molecule has 6 heteroatoms. The molecule has 0 aliphatic rings. The third-order valence-electron chi connectivity index (χ3n) is 1.93. The molecule has 15 heavy (non-hydrogen) atoms. The van der Waals surface area contributed by atoms with Gasteiger partial charge in [-0.3, -0.25) is 0 Å².